The van der Waals surface area contributed by atoms with Gasteiger partial charge in [0.05, 0.1) is 17.6 Å². The van der Waals surface area contributed by atoms with Gasteiger partial charge in [-0.2, -0.15) is 0 Å². The quantitative estimate of drug-likeness (QED) is 0.446. The van der Waals surface area contributed by atoms with Gasteiger partial charge in [0.25, 0.3) is 15.7 Å². The summed E-state index contributed by atoms with van der Waals surface area (Å²) < 4.78 is 31.5. The number of aromatic nitrogens is 1. The summed E-state index contributed by atoms with van der Waals surface area (Å²) in [4.78, 5) is 21.9. The summed E-state index contributed by atoms with van der Waals surface area (Å²) in [5.41, 5.74) is -0.970. The van der Waals surface area contributed by atoms with E-state index in [0.717, 1.165) is 24.4 Å². The number of rotatable bonds is 6. The van der Waals surface area contributed by atoms with E-state index in [0.29, 0.717) is 3.97 Å². The lowest BCUT2D eigenvalue weighted by atomic mass is 10.3. The molecule has 2 rings (SSSR count). The number of nitro benzene ring substituents is 1. The van der Waals surface area contributed by atoms with Crippen molar-refractivity contribution in [3.8, 4) is 0 Å². The maximum Gasteiger partial charge on any atom is 0.356 e. The Bertz CT molecular complexity index is 966. The minimum atomic E-state index is -4.56. The number of nitrogens with zero attached hydrogens (tertiary/aromatic N) is 2. The summed E-state index contributed by atoms with van der Waals surface area (Å²) in [5.74, 6) is -0.951. The molecule has 1 N–H and O–H groups in total. The number of carbonyl (C=O) groups excluding carboxylic acids is 1. The van der Waals surface area contributed by atoms with Crippen molar-refractivity contribution in [2.75, 3.05) is 0 Å². The van der Waals surface area contributed by atoms with E-state index in [-0.39, 0.29) is 10.6 Å². The highest BCUT2D eigenvalue weighted by atomic mass is 35.5. The average Bonchev–Trinajstić information content (AvgIpc) is 2.99. The van der Waals surface area contributed by atoms with E-state index in [9.17, 15) is 28.4 Å². The van der Waals surface area contributed by atoms with Crippen molar-refractivity contribution < 1.29 is 28.0 Å². The van der Waals surface area contributed by atoms with Crippen LogP contribution >= 0.6 is 11.6 Å². The molecule has 0 bridgehead atoms. The maximum atomic E-state index is 13.0. The highest BCUT2D eigenvalue weighted by molar-refractivity contribution is 7.90. The highest BCUT2D eigenvalue weighted by Gasteiger charge is 2.31. The number of aliphatic hydroxyl groups is 1. The van der Waals surface area contributed by atoms with Crippen LogP contribution in [-0.2, 0) is 21.4 Å². The Labute approximate surface area is 154 Å². The first-order valence-corrected chi connectivity index (χ1v) is 9.12. The molecule has 11 heteroatoms. The van der Waals surface area contributed by atoms with Crippen LogP contribution in [-0.4, -0.2) is 34.5 Å². The number of hydrogen-bond donors (Lipinski definition) is 1. The Morgan fingerprint density at radius 1 is 1.38 bits per heavy atom. The van der Waals surface area contributed by atoms with E-state index in [1.54, 1.807) is 13.8 Å². The van der Waals surface area contributed by atoms with E-state index in [4.69, 9.17) is 16.3 Å². The van der Waals surface area contributed by atoms with Crippen molar-refractivity contribution >= 4 is 33.3 Å². The van der Waals surface area contributed by atoms with Crippen LogP contribution in [0.25, 0.3) is 0 Å². The number of halogens is 1. The van der Waals surface area contributed by atoms with Gasteiger partial charge >= 0.3 is 5.97 Å². The van der Waals surface area contributed by atoms with Crippen LogP contribution in [0.1, 0.15) is 29.9 Å². The molecule has 0 unspecified atom stereocenters. The number of esters is 1. The van der Waals surface area contributed by atoms with Crippen molar-refractivity contribution in [3.05, 3.63) is 56.9 Å². The molecule has 0 atom stereocenters. The molecule has 26 heavy (non-hydrogen) atoms. The topological polar surface area (TPSA) is 129 Å². The summed E-state index contributed by atoms with van der Waals surface area (Å²) >= 11 is 5.79. The summed E-state index contributed by atoms with van der Waals surface area (Å²) in [7, 11) is -4.56. The zero-order chi connectivity index (χ0) is 19.6. The first kappa shape index (κ1) is 19.9. The largest absolute Gasteiger partial charge is 0.458 e. The smallest absolute Gasteiger partial charge is 0.356 e. The molecule has 0 saturated heterocycles. The van der Waals surface area contributed by atoms with Gasteiger partial charge in [-0.1, -0.05) is 11.6 Å². The molecule has 2 aromatic rings. The van der Waals surface area contributed by atoms with E-state index in [1.165, 1.54) is 6.07 Å². The van der Waals surface area contributed by atoms with Gasteiger partial charge in [-0.15, -0.1) is 0 Å². The van der Waals surface area contributed by atoms with Crippen molar-refractivity contribution in [1.82, 2.24) is 3.97 Å². The average molecular weight is 403 g/mol. The molecule has 0 amide bonds. The Balaban J connectivity index is 2.71. The summed E-state index contributed by atoms with van der Waals surface area (Å²) in [6, 6.07) is 4.20. The molecule has 0 spiro atoms. The zero-order valence-electron chi connectivity index (χ0n) is 13.7. The van der Waals surface area contributed by atoms with Crippen LogP contribution in [0, 0.1) is 10.1 Å². The molecule has 0 aliphatic carbocycles. The molecule has 0 aliphatic heterocycles. The first-order valence-electron chi connectivity index (χ1n) is 7.30. The second kappa shape index (κ2) is 7.44. The van der Waals surface area contributed by atoms with Crippen molar-refractivity contribution in [1.29, 1.82) is 0 Å². The predicted molar refractivity (Wildman–Crippen MR) is 91.6 cm³/mol. The molecule has 0 aliphatic rings. The van der Waals surface area contributed by atoms with Gasteiger partial charge in [0, 0.05) is 17.3 Å². The van der Waals surface area contributed by atoms with Gasteiger partial charge in [-0.3, -0.25) is 10.1 Å². The third-order valence-electron chi connectivity index (χ3n) is 3.23. The molecule has 0 saturated carbocycles. The standard InChI is InChI=1S/C15H15ClN2O7S/c1-9(2)25-15(20)13-5-10(8-19)7-17(13)26(23,24)14-6-11(16)3-4-12(14)18(21)22/h3-7,9,19H,8H2,1-2H3. The molecular weight excluding hydrogens is 388 g/mol. The molecule has 1 aromatic heterocycles. The van der Waals surface area contributed by atoms with Crippen molar-refractivity contribution in [2.45, 2.75) is 31.5 Å². The molecule has 1 heterocycles. The number of ether oxygens (including phenoxy) is 1. The number of benzene rings is 1. The zero-order valence-corrected chi connectivity index (χ0v) is 15.3. The fourth-order valence-corrected chi connectivity index (χ4v) is 3.95. The minimum absolute atomic E-state index is 0.0324. The van der Waals surface area contributed by atoms with Crippen LogP contribution in [0.2, 0.25) is 5.02 Å². The summed E-state index contributed by atoms with van der Waals surface area (Å²) in [5, 5.41) is 20.4. The molecule has 1 aromatic carbocycles. The molecule has 9 nitrogen and oxygen atoms in total. The maximum absolute atomic E-state index is 13.0. The van der Waals surface area contributed by atoms with Crippen LogP contribution in [0.5, 0.6) is 0 Å². The van der Waals surface area contributed by atoms with E-state index < -0.39 is 49.9 Å². The Kier molecular flexibility index (Phi) is 5.69. The van der Waals surface area contributed by atoms with Gasteiger partial charge in [0.1, 0.15) is 5.69 Å². The van der Waals surface area contributed by atoms with Crippen LogP contribution in [0.15, 0.2) is 35.4 Å². The Morgan fingerprint density at radius 3 is 2.58 bits per heavy atom. The van der Waals surface area contributed by atoms with Crippen LogP contribution in [0.3, 0.4) is 0 Å². The fourth-order valence-electron chi connectivity index (χ4n) is 2.16. The second-order valence-electron chi connectivity index (χ2n) is 5.52. The lowest BCUT2D eigenvalue weighted by Crippen LogP contribution is -2.21. The van der Waals surface area contributed by atoms with Gasteiger partial charge in [0.2, 0.25) is 0 Å². The molecule has 140 valence electrons. The minimum Gasteiger partial charge on any atom is -0.458 e. The normalized spacial score (nSPS) is 11.6. The van der Waals surface area contributed by atoms with Crippen LogP contribution in [0.4, 0.5) is 5.69 Å². The first-order chi connectivity index (χ1) is 12.1. The Hall–Kier alpha value is -2.43. The van der Waals surface area contributed by atoms with Gasteiger partial charge < -0.3 is 9.84 Å². The summed E-state index contributed by atoms with van der Waals surface area (Å²) in [6.45, 7) is 2.62. The van der Waals surface area contributed by atoms with Crippen LogP contribution < -0.4 is 0 Å². The molecule has 0 fully saturated rings. The predicted octanol–water partition coefficient (Wildman–Crippen LogP) is 2.34. The fraction of sp³-hybridized carbons (Fsp3) is 0.267. The second-order valence-corrected chi connectivity index (χ2v) is 7.74. The lowest BCUT2D eigenvalue weighted by molar-refractivity contribution is -0.387. The van der Waals surface area contributed by atoms with Gasteiger partial charge in [0.15, 0.2) is 4.90 Å². The summed E-state index contributed by atoms with van der Waals surface area (Å²) in [6.07, 6.45) is 0.475. The number of nitro groups is 1. The Morgan fingerprint density at radius 2 is 2.04 bits per heavy atom. The van der Waals surface area contributed by atoms with Gasteiger partial charge in [-0.05, 0) is 37.6 Å². The SMILES string of the molecule is CC(C)OC(=O)c1cc(CO)cn1S(=O)(=O)c1cc(Cl)ccc1[N+](=O)[O-]. The third-order valence-corrected chi connectivity index (χ3v) is 5.17. The number of hydrogen-bond acceptors (Lipinski definition) is 7. The van der Waals surface area contributed by atoms with E-state index >= 15 is 0 Å². The van der Waals surface area contributed by atoms with Crippen molar-refractivity contribution in [3.63, 3.8) is 0 Å². The highest BCUT2D eigenvalue weighted by Crippen LogP contribution is 2.30. The monoisotopic (exact) mass is 402 g/mol. The lowest BCUT2D eigenvalue weighted by Gasteiger charge is -2.12. The van der Waals surface area contributed by atoms with E-state index in [2.05, 4.69) is 0 Å². The molecule has 0 radical (unpaired) electrons. The van der Waals surface area contributed by atoms with Crippen molar-refractivity contribution in [2.24, 2.45) is 0 Å². The third kappa shape index (κ3) is 3.87. The number of aliphatic hydroxyl groups excluding tert-OH is 1. The van der Waals surface area contributed by atoms with E-state index in [1.807, 2.05) is 0 Å². The van der Waals surface area contributed by atoms with Gasteiger partial charge in [-0.25, -0.2) is 17.2 Å². The number of carbonyl (C=O) groups is 1. The molecular formula is C15H15ClN2O7S.